The highest BCUT2D eigenvalue weighted by Gasteiger charge is 2.50. The standard InChI is InChI=1S/C26H18BBrO2/c27-19-11-13-21-23(15-19)25(29,17-7-3-1-4-8-17)22-14-12-20(28)16-24(22)26(21,30)18-9-5-2-6-10-18/h1-16,29-30H. The quantitative estimate of drug-likeness (QED) is 0.449. The molecule has 4 aromatic carbocycles. The summed E-state index contributed by atoms with van der Waals surface area (Å²) in [6.07, 6.45) is 0. The number of aliphatic hydroxyl groups is 2. The molecule has 2 unspecified atom stereocenters. The highest BCUT2D eigenvalue weighted by atomic mass is 79.9. The Kier molecular flexibility index (Phi) is 4.48. The third kappa shape index (κ3) is 2.65. The normalized spacial score (nSPS) is 22.2. The van der Waals surface area contributed by atoms with Crippen LogP contribution in [0.1, 0.15) is 33.4 Å². The summed E-state index contributed by atoms with van der Waals surface area (Å²) in [6.45, 7) is 0. The molecule has 1 aliphatic carbocycles. The van der Waals surface area contributed by atoms with Crippen molar-refractivity contribution in [2.24, 2.45) is 0 Å². The maximum Gasteiger partial charge on any atom is 0.141 e. The van der Waals surface area contributed by atoms with Gasteiger partial charge in [-0.3, -0.25) is 0 Å². The summed E-state index contributed by atoms with van der Waals surface area (Å²) in [7, 11) is 6.15. The number of halogens is 1. The van der Waals surface area contributed by atoms with Gasteiger partial charge in [-0.15, -0.1) is 0 Å². The first-order chi connectivity index (χ1) is 14.5. The first-order valence-electron chi connectivity index (χ1n) is 9.72. The van der Waals surface area contributed by atoms with E-state index in [1.165, 1.54) is 0 Å². The van der Waals surface area contributed by atoms with Crippen molar-refractivity contribution in [2.75, 3.05) is 0 Å². The predicted molar refractivity (Wildman–Crippen MR) is 123 cm³/mol. The Morgan fingerprint density at radius 1 is 0.567 bits per heavy atom. The Morgan fingerprint density at radius 3 is 1.57 bits per heavy atom. The van der Waals surface area contributed by atoms with E-state index < -0.39 is 11.2 Å². The molecule has 1 aliphatic rings. The number of benzene rings is 4. The van der Waals surface area contributed by atoms with Gasteiger partial charge in [-0.05, 0) is 39.9 Å². The zero-order chi connectivity index (χ0) is 20.9. The maximum atomic E-state index is 12.3. The van der Waals surface area contributed by atoms with Gasteiger partial charge in [-0.1, -0.05) is 106 Å². The first kappa shape index (κ1) is 19.3. The van der Waals surface area contributed by atoms with Crippen molar-refractivity contribution in [1.29, 1.82) is 0 Å². The second-order valence-corrected chi connectivity index (χ2v) is 8.56. The van der Waals surface area contributed by atoms with E-state index >= 15 is 0 Å². The molecule has 0 saturated heterocycles. The molecule has 0 aromatic heterocycles. The Labute approximate surface area is 185 Å². The molecule has 0 saturated carbocycles. The van der Waals surface area contributed by atoms with Gasteiger partial charge in [0, 0.05) is 10.0 Å². The summed E-state index contributed by atoms with van der Waals surface area (Å²) in [4.78, 5) is 0. The van der Waals surface area contributed by atoms with Crippen molar-refractivity contribution in [3.05, 3.63) is 135 Å². The Balaban J connectivity index is 1.95. The van der Waals surface area contributed by atoms with Crippen LogP contribution in [-0.4, -0.2) is 18.1 Å². The molecular formula is C26H18BBrO2. The summed E-state index contributed by atoms with van der Waals surface area (Å²) in [5, 5.41) is 24.5. The minimum atomic E-state index is -1.46. The van der Waals surface area contributed by atoms with Crippen LogP contribution in [0.5, 0.6) is 0 Å². The molecular weight excluding hydrogens is 435 g/mol. The van der Waals surface area contributed by atoms with Gasteiger partial charge in [0.15, 0.2) is 0 Å². The lowest BCUT2D eigenvalue weighted by molar-refractivity contribution is 0.0748. The topological polar surface area (TPSA) is 40.5 Å². The summed E-state index contributed by atoms with van der Waals surface area (Å²) in [5.41, 5.74) is 1.52. The second-order valence-electron chi connectivity index (χ2n) is 7.65. The van der Waals surface area contributed by atoms with Gasteiger partial charge >= 0.3 is 0 Å². The van der Waals surface area contributed by atoms with Gasteiger partial charge in [-0.2, -0.15) is 0 Å². The van der Waals surface area contributed by atoms with Crippen molar-refractivity contribution in [3.63, 3.8) is 0 Å². The summed E-state index contributed by atoms with van der Waals surface area (Å²) >= 11 is 3.55. The Morgan fingerprint density at radius 2 is 1.03 bits per heavy atom. The lowest BCUT2D eigenvalue weighted by Crippen LogP contribution is -2.44. The highest BCUT2D eigenvalue weighted by Crippen LogP contribution is 2.53. The lowest BCUT2D eigenvalue weighted by atomic mass is 9.63. The van der Waals surface area contributed by atoms with Crippen LogP contribution >= 0.6 is 15.9 Å². The van der Waals surface area contributed by atoms with Crippen molar-refractivity contribution in [3.8, 4) is 0 Å². The van der Waals surface area contributed by atoms with E-state index in [9.17, 15) is 10.2 Å². The van der Waals surface area contributed by atoms with E-state index in [-0.39, 0.29) is 0 Å². The smallest absolute Gasteiger partial charge is 0.141 e. The van der Waals surface area contributed by atoms with E-state index in [0.717, 1.165) is 15.6 Å². The molecule has 5 rings (SSSR count). The van der Waals surface area contributed by atoms with Crippen LogP contribution in [0.15, 0.2) is 102 Å². The predicted octanol–water partition coefficient (Wildman–Crippen LogP) is 4.12. The summed E-state index contributed by atoms with van der Waals surface area (Å²) < 4.78 is 0.824. The van der Waals surface area contributed by atoms with E-state index in [1.54, 1.807) is 12.1 Å². The highest BCUT2D eigenvalue weighted by molar-refractivity contribution is 9.10. The maximum absolute atomic E-state index is 12.3. The van der Waals surface area contributed by atoms with Crippen LogP contribution in [0.2, 0.25) is 0 Å². The van der Waals surface area contributed by atoms with E-state index in [2.05, 4.69) is 15.9 Å². The molecule has 0 heterocycles. The zero-order valence-corrected chi connectivity index (χ0v) is 17.7. The minimum absolute atomic E-state index is 0.527. The van der Waals surface area contributed by atoms with Gasteiger partial charge in [0.25, 0.3) is 0 Å². The van der Waals surface area contributed by atoms with Crippen LogP contribution in [-0.2, 0) is 11.2 Å². The van der Waals surface area contributed by atoms with Crippen LogP contribution < -0.4 is 5.46 Å². The van der Waals surface area contributed by atoms with Crippen molar-refractivity contribution in [1.82, 2.24) is 0 Å². The van der Waals surface area contributed by atoms with Crippen LogP contribution in [0.25, 0.3) is 0 Å². The second kappa shape index (κ2) is 6.95. The van der Waals surface area contributed by atoms with Crippen LogP contribution in [0.4, 0.5) is 0 Å². The van der Waals surface area contributed by atoms with Crippen LogP contribution in [0.3, 0.4) is 0 Å². The SMILES string of the molecule is [B]c1ccc2c(c1)C(O)(c1ccccc1)c1ccc(Br)cc1C2(O)c1ccccc1. The minimum Gasteiger partial charge on any atom is -0.376 e. The molecule has 2 radical (unpaired) electrons. The summed E-state index contributed by atoms with van der Waals surface area (Å²) in [5.74, 6) is 0. The Bertz CT molecular complexity index is 1140. The monoisotopic (exact) mass is 452 g/mol. The molecule has 0 fully saturated rings. The molecule has 0 amide bonds. The average molecular weight is 453 g/mol. The lowest BCUT2D eigenvalue weighted by Gasteiger charge is -2.45. The average Bonchev–Trinajstić information content (AvgIpc) is 2.78. The van der Waals surface area contributed by atoms with Crippen molar-refractivity contribution < 1.29 is 10.2 Å². The molecule has 4 heteroatoms. The molecule has 0 aliphatic heterocycles. The molecule has 0 spiro atoms. The van der Waals surface area contributed by atoms with Gasteiger partial charge in [-0.25, -0.2) is 0 Å². The van der Waals surface area contributed by atoms with Crippen molar-refractivity contribution in [2.45, 2.75) is 11.2 Å². The molecule has 2 N–H and O–H groups in total. The fraction of sp³-hybridized carbons (Fsp3) is 0.0769. The number of hydrogen-bond acceptors (Lipinski definition) is 2. The third-order valence-electron chi connectivity index (χ3n) is 5.97. The van der Waals surface area contributed by atoms with Crippen molar-refractivity contribution >= 4 is 29.2 Å². The van der Waals surface area contributed by atoms with Gasteiger partial charge in [0.1, 0.15) is 19.0 Å². The fourth-order valence-electron chi connectivity index (χ4n) is 4.58. The first-order valence-corrected chi connectivity index (χ1v) is 10.5. The third-order valence-corrected chi connectivity index (χ3v) is 6.46. The zero-order valence-electron chi connectivity index (χ0n) is 16.1. The fourth-order valence-corrected chi connectivity index (χ4v) is 4.94. The largest absolute Gasteiger partial charge is 0.376 e. The summed E-state index contributed by atoms with van der Waals surface area (Å²) in [6, 6.07) is 30.0. The molecule has 144 valence electrons. The van der Waals surface area contributed by atoms with E-state index in [0.29, 0.717) is 27.7 Å². The molecule has 0 bridgehead atoms. The van der Waals surface area contributed by atoms with Crippen LogP contribution in [0, 0.1) is 0 Å². The van der Waals surface area contributed by atoms with Gasteiger partial charge in [0.2, 0.25) is 0 Å². The van der Waals surface area contributed by atoms with E-state index in [4.69, 9.17) is 7.85 Å². The molecule has 4 aromatic rings. The Hall–Kier alpha value is -2.66. The van der Waals surface area contributed by atoms with Gasteiger partial charge < -0.3 is 10.2 Å². The number of fused-ring (bicyclic) bond motifs is 2. The number of hydrogen-bond donors (Lipinski definition) is 2. The molecule has 2 nitrogen and oxygen atoms in total. The van der Waals surface area contributed by atoms with E-state index in [1.807, 2.05) is 84.9 Å². The molecule has 30 heavy (non-hydrogen) atoms. The number of rotatable bonds is 2. The van der Waals surface area contributed by atoms with Gasteiger partial charge in [0.05, 0.1) is 0 Å². The molecule has 2 atom stereocenters.